The van der Waals surface area contributed by atoms with Crippen molar-refractivity contribution in [3.8, 4) is 0 Å². The highest BCUT2D eigenvalue weighted by Crippen LogP contribution is 2.40. The van der Waals surface area contributed by atoms with Crippen LogP contribution in [-0.2, 0) is 0 Å². The molecule has 0 bridgehead atoms. The molecule has 0 heterocycles. The SMILES string of the molecule is CC1CCCC(CNC2CC2)(CN(C)CC2CCCC2)C1. The lowest BCUT2D eigenvalue weighted by Crippen LogP contribution is -2.47. The van der Waals surface area contributed by atoms with Gasteiger partial charge in [-0.3, -0.25) is 0 Å². The molecular formula is C19H36N2. The summed E-state index contributed by atoms with van der Waals surface area (Å²) in [6, 6.07) is 0.860. The van der Waals surface area contributed by atoms with Gasteiger partial charge >= 0.3 is 0 Å². The van der Waals surface area contributed by atoms with Crippen LogP contribution in [0.2, 0.25) is 0 Å². The Hall–Kier alpha value is -0.0800. The van der Waals surface area contributed by atoms with E-state index in [1.54, 1.807) is 0 Å². The standard InChI is InChI=1S/C19H36N2/c1-16-6-5-11-19(12-16,14-20-18-9-10-18)15-21(2)13-17-7-3-4-8-17/h16-18,20H,3-15H2,1-2H3. The average Bonchev–Trinajstić information content (AvgIpc) is 3.14. The highest BCUT2D eigenvalue weighted by atomic mass is 15.1. The Balaban J connectivity index is 1.54. The molecule has 2 nitrogen and oxygen atoms in total. The fourth-order valence-corrected chi connectivity index (χ4v) is 5.05. The van der Waals surface area contributed by atoms with Gasteiger partial charge in [0, 0.05) is 25.7 Å². The summed E-state index contributed by atoms with van der Waals surface area (Å²) in [7, 11) is 2.39. The maximum atomic E-state index is 3.86. The van der Waals surface area contributed by atoms with Gasteiger partial charge in [-0.1, -0.05) is 32.6 Å². The van der Waals surface area contributed by atoms with E-state index < -0.39 is 0 Å². The van der Waals surface area contributed by atoms with Crippen LogP contribution in [0, 0.1) is 17.3 Å². The first kappa shape index (κ1) is 15.8. The maximum Gasteiger partial charge on any atom is 0.00684 e. The Bertz CT molecular complexity index is 320. The van der Waals surface area contributed by atoms with Crippen molar-refractivity contribution >= 4 is 0 Å². The second kappa shape index (κ2) is 7.00. The smallest absolute Gasteiger partial charge is 0.00684 e. The Morgan fingerprint density at radius 2 is 1.81 bits per heavy atom. The van der Waals surface area contributed by atoms with Crippen LogP contribution < -0.4 is 5.32 Å². The number of nitrogens with zero attached hydrogens (tertiary/aromatic N) is 1. The van der Waals surface area contributed by atoms with E-state index in [0.717, 1.165) is 17.9 Å². The van der Waals surface area contributed by atoms with Crippen molar-refractivity contribution in [3.63, 3.8) is 0 Å². The molecule has 2 heteroatoms. The van der Waals surface area contributed by atoms with E-state index in [1.807, 2.05) is 0 Å². The largest absolute Gasteiger partial charge is 0.313 e. The fraction of sp³-hybridized carbons (Fsp3) is 1.00. The monoisotopic (exact) mass is 292 g/mol. The number of hydrogen-bond acceptors (Lipinski definition) is 2. The number of rotatable bonds is 7. The molecule has 0 radical (unpaired) electrons. The van der Waals surface area contributed by atoms with Gasteiger partial charge in [-0.2, -0.15) is 0 Å². The first-order chi connectivity index (χ1) is 10.2. The zero-order valence-corrected chi connectivity index (χ0v) is 14.4. The van der Waals surface area contributed by atoms with Crippen LogP contribution in [0.15, 0.2) is 0 Å². The summed E-state index contributed by atoms with van der Waals surface area (Å²) in [5, 5.41) is 3.86. The molecule has 1 N–H and O–H groups in total. The molecule has 2 atom stereocenters. The molecule has 3 aliphatic carbocycles. The maximum absolute atomic E-state index is 3.86. The van der Waals surface area contributed by atoms with Crippen LogP contribution in [0.25, 0.3) is 0 Å². The second-order valence-electron chi connectivity index (χ2n) is 8.70. The van der Waals surface area contributed by atoms with E-state index in [9.17, 15) is 0 Å². The Morgan fingerprint density at radius 3 is 2.48 bits per heavy atom. The Kier molecular flexibility index (Phi) is 5.27. The molecule has 3 rings (SSSR count). The van der Waals surface area contributed by atoms with Crippen LogP contribution in [0.5, 0.6) is 0 Å². The van der Waals surface area contributed by atoms with Gasteiger partial charge in [0.05, 0.1) is 0 Å². The normalized spacial score (nSPS) is 34.7. The van der Waals surface area contributed by atoms with Crippen LogP contribution >= 0.6 is 0 Å². The summed E-state index contributed by atoms with van der Waals surface area (Å²) in [4.78, 5) is 2.68. The number of hydrogen-bond donors (Lipinski definition) is 1. The highest BCUT2D eigenvalue weighted by Gasteiger charge is 2.37. The van der Waals surface area contributed by atoms with Gasteiger partial charge in [-0.25, -0.2) is 0 Å². The van der Waals surface area contributed by atoms with Gasteiger partial charge in [0.25, 0.3) is 0 Å². The first-order valence-electron chi connectivity index (χ1n) is 9.57. The molecule has 3 aliphatic rings. The summed E-state index contributed by atoms with van der Waals surface area (Å²) < 4.78 is 0. The van der Waals surface area contributed by atoms with Gasteiger partial charge < -0.3 is 10.2 Å². The lowest BCUT2D eigenvalue weighted by molar-refractivity contribution is 0.0847. The van der Waals surface area contributed by atoms with Crippen molar-refractivity contribution < 1.29 is 0 Å². The van der Waals surface area contributed by atoms with Crippen LogP contribution in [-0.4, -0.2) is 37.6 Å². The predicted octanol–water partition coefficient (Wildman–Crippen LogP) is 4.06. The van der Waals surface area contributed by atoms with E-state index in [0.29, 0.717) is 5.41 Å². The summed E-state index contributed by atoms with van der Waals surface area (Å²) in [5.41, 5.74) is 0.563. The van der Waals surface area contributed by atoms with Gasteiger partial charge in [0.1, 0.15) is 0 Å². The minimum atomic E-state index is 0.563. The van der Waals surface area contributed by atoms with E-state index in [2.05, 4.69) is 24.2 Å². The van der Waals surface area contributed by atoms with E-state index >= 15 is 0 Å². The van der Waals surface area contributed by atoms with Gasteiger partial charge in [-0.15, -0.1) is 0 Å². The van der Waals surface area contributed by atoms with Crippen molar-refractivity contribution in [2.75, 3.05) is 26.7 Å². The molecule has 0 aromatic heterocycles. The van der Waals surface area contributed by atoms with E-state index in [4.69, 9.17) is 0 Å². The molecule has 3 saturated carbocycles. The Morgan fingerprint density at radius 1 is 1.05 bits per heavy atom. The lowest BCUT2D eigenvalue weighted by atomic mass is 9.69. The zero-order valence-electron chi connectivity index (χ0n) is 14.4. The molecule has 3 fully saturated rings. The molecule has 0 amide bonds. The van der Waals surface area contributed by atoms with Crippen LogP contribution in [0.4, 0.5) is 0 Å². The van der Waals surface area contributed by atoms with Crippen molar-refractivity contribution in [2.45, 2.75) is 77.2 Å². The van der Waals surface area contributed by atoms with Crippen LogP contribution in [0.1, 0.15) is 71.1 Å². The molecule has 122 valence electrons. The summed E-state index contributed by atoms with van der Waals surface area (Å²) in [5.74, 6) is 1.92. The molecule has 0 aromatic rings. The minimum absolute atomic E-state index is 0.563. The van der Waals surface area contributed by atoms with Crippen molar-refractivity contribution in [1.29, 1.82) is 0 Å². The van der Waals surface area contributed by atoms with Crippen molar-refractivity contribution in [1.82, 2.24) is 10.2 Å². The molecular weight excluding hydrogens is 256 g/mol. The Labute approximate surface area is 132 Å². The summed E-state index contributed by atoms with van der Waals surface area (Å²) in [6.45, 7) is 6.42. The average molecular weight is 293 g/mol. The molecule has 0 aliphatic heterocycles. The zero-order chi connectivity index (χ0) is 14.7. The van der Waals surface area contributed by atoms with Crippen LogP contribution in [0.3, 0.4) is 0 Å². The second-order valence-corrected chi connectivity index (χ2v) is 8.70. The summed E-state index contributed by atoms with van der Waals surface area (Å²) >= 11 is 0. The van der Waals surface area contributed by atoms with Gasteiger partial charge in [0.2, 0.25) is 0 Å². The highest BCUT2D eigenvalue weighted by molar-refractivity contribution is 4.93. The molecule has 2 unspecified atom stereocenters. The number of nitrogens with one attached hydrogen (secondary N) is 1. The van der Waals surface area contributed by atoms with Gasteiger partial charge in [0.15, 0.2) is 0 Å². The topological polar surface area (TPSA) is 15.3 Å². The lowest BCUT2D eigenvalue weighted by Gasteiger charge is -2.43. The molecule has 0 spiro atoms. The van der Waals surface area contributed by atoms with Gasteiger partial charge in [-0.05, 0) is 62.8 Å². The fourth-order valence-electron chi connectivity index (χ4n) is 5.05. The van der Waals surface area contributed by atoms with Crippen molar-refractivity contribution in [3.05, 3.63) is 0 Å². The van der Waals surface area contributed by atoms with E-state index in [-0.39, 0.29) is 0 Å². The first-order valence-corrected chi connectivity index (χ1v) is 9.57. The molecule has 0 saturated heterocycles. The minimum Gasteiger partial charge on any atom is -0.313 e. The summed E-state index contributed by atoms with van der Waals surface area (Å²) in [6.07, 6.45) is 14.6. The quantitative estimate of drug-likeness (QED) is 0.761. The third-order valence-corrected chi connectivity index (χ3v) is 6.18. The van der Waals surface area contributed by atoms with Crippen molar-refractivity contribution in [2.24, 2.45) is 17.3 Å². The third kappa shape index (κ3) is 4.69. The third-order valence-electron chi connectivity index (χ3n) is 6.18. The predicted molar refractivity (Wildman–Crippen MR) is 90.5 cm³/mol. The molecule has 21 heavy (non-hydrogen) atoms. The van der Waals surface area contributed by atoms with E-state index in [1.165, 1.54) is 83.8 Å². The molecule has 0 aromatic carbocycles.